The van der Waals surface area contributed by atoms with Crippen molar-refractivity contribution in [3.8, 4) is 0 Å². The Kier molecular flexibility index (Phi) is 5.01. The van der Waals surface area contributed by atoms with Crippen LogP contribution in [-0.2, 0) is 7.05 Å². The number of thioether (sulfide) groups is 1. The molecule has 0 fully saturated rings. The number of nitrogens with one attached hydrogen (secondary N) is 1. The maximum atomic E-state index is 12.6. The van der Waals surface area contributed by atoms with Gasteiger partial charge in [0, 0.05) is 11.9 Å². The van der Waals surface area contributed by atoms with Gasteiger partial charge in [0.15, 0.2) is 0 Å². The summed E-state index contributed by atoms with van der Waals surface area (Å²) in [6.07, 6.45) is 3.47. The quantitative estimate of drug-likeness (QED) is 0.863. The minimum Gasteiger partial charge on any atom is -0.342 e. The third-order valence-corrected chi connectivity index (χ3v) is 4.13. The van der Waals surface area contributed by atoms with Crippen LogP contribution in [0.5, 0.6) is 0 Å². The van der Waals surface area contributed by atoms with Crippen LogP contribution in [0.4, 0.5) is 0 Å². The molecule has 0 spiro atoms. The maximum absolute atomic E-state index is 12.6. The topological polar surface area (TPSA) is 59.8 Å². The number of carbonyl (C=O) groups is 1. The summed E-state index contributed by atoms with van der Waals surface area (Å²) in [6.45, 7) is 4.11. The molecule has 0 aliphatic carbocycles. The molecular formula is C15H20N4OS. The van der Waals surface area contributed by atoms with E-state index < -0.39 is 0 Å². The number of hydrogen-bond donors (Lipinski definition) is 1. The number of benzene rings is 1. The maximum Gasteiger partial charge on any atom is 0.253 e. The zero-order valence-corrected chi connectivity index (χ0v) is 13.5. The Morgan fingerprint density at radius 1 is 1.33 bits per heavy atom. The summed E-state index contributed by atoms with van der Waals surface area (Å²) in [5.74, 6) is 0.903. The highest BCUT2D eigenvalue weighted by Crippen LogP contribution is 2.23. The van der Waals surface area contributed by atoms with Crippen molar-refractivity contribution in [2.24, 2.45) is 13.0 Å². The van der Waals surface area contributed by atoms with Crippen LogP contribution in [0, 0.1) is 5.92 Å². The molecule has 1 amide bonds. The van der Waals surface area contributed by atoms with E-state index in [2.05, 4.69) is 29.2 Å². The van der Waals surface area contributed by atoms with E-state index in [0.717, 1.165) is 10.7 Å². The van der Waals surface area contributed by atoms with Crippen molar-refractivity contribution >= 4 is 17.7 Å². The van der Waals surface area contributed by atoms with Gasteiger partial charge in [-0.25, -0.2) is 4.98 Å². The Hall–Kier alpha value is -1.82. The summed E-state index contributed by atoms with van der Waals surface area (Å²) < 4.78 is 1.70. The van der Waals surface area contributed by atoms with Gasteiger partial charge in [-0.05, 0) is 24.3 Å². The molecule has 112 valence electrons. The second-order valence-electron chi connectivity index (χ2n) is 5.14. The monoisotopic (exact) mass is 304 g/mol. The Morgan fingerprint density at radius 2 is 2.05 bits per heavy atom. The molecule has 1 aromatic heterocycles. The largest absolute Gasteiger partial charge is 0.342 e. The van der Waals surface area contributed by atoms with Gasteiger partial charge in [0.2, 0.25) is 0 Å². The molecule has 21 heavy (non-hydrogen) atoms. The summed E-state index contributed by atoms with van der Waals surface area (Å²) in [4.78, 5) is 17.8. The highest BCUT2D eigenvalue weighted by atomic mass is 32.2. The third-order valence-electron chi connectivity index (χ3n) is 3.33. The van der Waals surface area contributed by atoms with Crippen molar-refractivity contribution in [3.05, 3.63) is 42.0 Å². The lowest BCUT2D eigenvalue weighted by molar-refractivity contribution is 0.0919. The third kappa shape index (κ3) is 3.44. The number of aryl methyl sites for hydroxylation is 1. The molecule has 1 heterocycles. The van der Waals surface area contributed by atoms with Crippen molar-refractivity contribution < 1.29 is 4.79 Å². The molecule has 6 heteroatoms. The highest BCUT2D eigenvalue weighted by Gasteiger charge is 2.23. The number of rotatable bonds is 5. The van der Waals surface area contributed by atoms with Gasteiger partial charge in [-0.2, -0.15) is 5.10 Å². The normalized spacial score (nSPS) is 12.4. The van der Waals surface area contributed by atoms with Crippen LogP contribution in [-0.4, -0.2) is 26.9 Å². The molecule has 0 aliphatic heterocycles. The lowest BCUT2D eigenvalue weighted by Crippen LogP contribution is -2.33. The molecule has 2 aromatic rings. The van der Waals surface area contributed by atoms with Crippen molar-refractivity contribution in [2.75, 3.05) is 6.26 Å². The summed E-state index contributed by atoms with van der Waals surface area (Å²) in [5, 5.41) is 7.16. The first-order valence-electron chi connectivity index (χ1n) is 6.82. The number of carbonyl (C=O) groups excluding carboxylic acids is 1. The number of aromatic nitrogens is 3. The van der Waals surface area contributed by atoms with Crippen molar-refractivity contribution in [3.63, 3.8) is 0 Å². The molecule has 1 atom stereocenters. The minimum absolute atomic E-state index is 0.0818. The zero-order valence-electron chi connectivity index (χ0n) is 12.7. The van der Waals surface area contributed by atoms with E-state index >= 15 is 0 Å². The Labute approximate surface area is 129 Å². The lowest BCUT2D eigenvalue weighted by atomic mass is 10.0. The van der Waals surface area contributed by atoms with E-state index in [1.165, 1.54) is 6.33 Å². The average Bonchev–Trinajstić information content (AvgIpc) is 2.90. The second-order valence-corrected chi connectivity index (χ2v) is 5.99. The molecule has 1 aromatic carbocycles. The fourth-order valence-corrected chi connectivity index (χ4v) is 2.76. The second kappa shape index (κ2) is 6.76. The van der Waals surface area contributed by atoms with Gasteiger partial charge < -0.3 is 5.32 Å². The van der Waals surface area contributed by atoms with Crippen molar-refractivity contribution in [1.82, 2.24) is 20.1 Å². The lowest BCUT2D eigenvalue weighted by Gasteiger charge is -2.22. The van der Waals surface area contributed by atoms with E-state index in [9.17, 15) is 4.79 Å². The first kappa shape index (κ1) is 15.6. The molecule has 5 nitrogen and oxygen atoms in total. The summed E-state index contributed by atoms with van der Waals surface area (Å²) in [7, 11) is 1.83. The van der Waals surface area contributed by atoms with Gasteiger partial charge in [-0.15, -0.1) is 11.8 Å². The summed E-state index contributed by atoms with van der Waals surface area (Å²) in [6, 6.07) is 7.44. The Balaban J connectivity index is 2.25. The van der Waals surface area contributed by atoms with Gasteiger partial charge >= 0.3 is 0 Å². The summed E-state index contributed by atoms with van der Waals surface area (Å²) >= 11 is 1.57. The van der Waals surface area contributed by atoms with Crippen LogP contribution in [0.1, 0.15) is 36.1 Å². The molecule has 0 unspecified atom stereocenters. The molecule has 0 saturated carbocycles. The molecule has 0 saturated heterocycles. The van der Waals surface area contributed by atoms with Crippen LogP contribution >= 0.6 is 11.8 Å². The fourth-order valence-electron chi connectivity index (χ4n) is 2.17. The van der Waals surface area contributed by atoms with Crippen LogP contribution < -0.4 is 5.32 Å². The highest BCUT2D eigenvalue weighted by molar-refractivity contribution is 7.98. The Bertz CT molecular complexity index is 624. The van der Waals surface area contributed by atoms with Crippen LogP contribution in [0.15, 0.2) is 35.5 Å². The van der Waals surface area contributed by atoms with Gasteiger partial charge in [0.05, 0.1) is 11.6 Å². The predicted molar refractivity (Wildman–Crippen MR) is 84.3 cm³/mol. The first-order chi connectivity index (χ1) is 10.0. The number of hydrogen-bond acceptors (Lipinski definition) is 4. The van der Waals surface area contributed by atoms with E-state index in [1.807, 2.05) is 37.6 Å². The fraction of sp³-hybridized carbons (Fsp3) is 0.400. The van der Waals surface area contributed by atoms with Crippen LogP contribution in [0.3, 0.4) is 0 Å². The van der Waals surface area contributed by atoms with Gasteiger partial charge in [-0.1, -0.05) is 26.0 Å². The van der Waals surface area contributed by atoms with Crippen molar-refractivity contribution in [1.29, 1.82) is 0 Å². The smallest absolute Gasteiger partial charge is 0.253 e. The van der Waals surface area contributed by atoms with Crippen molar-refractivity contribution in [2.45, 2.75) is 24.8 Å². The standard InChI is InChI=1S/C15H20N4OS/c1-10(2)13(14-16-9-17-19(14)3)18-15(20)11-7-5-6-8-12(11)21-4/h5-10,13H,1-4H3,(H,18,20)/t13-/m1/s1. The Morgan fingerprint density at radius 3 is 2.62 bits per heavy atom. The van der Waals surface area contributed by atoms with E-state index in [1.54, 1.807) is 16.4 Å². The van der Waals surface area contributed by atoms with Gasteiger partial charge in [-0.3, -0.25) is 9.48 Å². The predicted octanol–water partition coefficient (Wildman–Crippen LogP) is 2.66. The van der Waals surface area contributed by atoms with Crippen LogP contribution in [0.2, 0.25) is 0 Å². The van der Waals surface area contributed by atoms with Gasteiger partial charge in [0.25, 0.3) is 5.91 Å². The molecule has 0 radical (unpaired) electrons. The number of nitrogens with zero attached hydrogens (tertiary/aromatic N) is 3. The minimum atomic E-state index is -0.167. The molecule has 1 N–H and O–H groups in total. The molecule has 0 aliphatic rings. The average molecular weight is 304 g/mol. The van der Waals surface area contributed by atoms with Crippen LogP contribution in [0.25, 0.3) is 0 Å². The van der Waals surface area contributed by atoms with E-state index in [-0.39, 0.29) is 17.9 Å². The first-order valence-corrected chi connectivity index (χ1v) is 8.04. The van der Waals surface area contributed by atoms with E-state index in [4.69, 9.17) is 0 Å². The zero-order chi connectivity index (χ0) is 15.4. The molecule has 0 bridgehead atoms. The van der Waals surface area contributed by atoms with Gasteiger partial charge in [0.1, 0.15) is 12.2 Å². The molecule has 2 rings (SSSR count). The number of amides is 1. The SMILES string of the molecule is CSc1ccccc1C(=O)N[C@@H](c1ncnn1C)C(C)C. The summed E-state index contributed by atoms with van der Waals surface area (Å²) in [5.41, 5.74) is 0.692. The molecular weight excluding hydrogens is 284 g/mol. The van der Waals surface area contributed by atoms with E-state index in [0.29, 0.717) is 5.56 Å².